The Hall–Kier alpha value is -3.71. The average Bonchev–Trinajstić information content (AvgIpc) is 3.12. The average molecular weight is 376 g/mol. The summed E-state index contributed by atoms with van der Waals surface area (Å²) in [6.45, 7) is 0.680. The zero-order valence-corrected chi connectivity index (χ0v) is 15.5. The van der Waals surface area contributed by atoms with Gasteiger partial charge >= 0.3 is 0 Å². The van der Waals surface area contributed by atoms with Gasteiger partial charge in [-0.25, -0.2) is 0 Å². The van der Waals surface area contributed by atoms with Crippen molar-refractivity contribution in [3.05, 3.63) is 48.0 Å². The van der Waals surface area contributed by atoms with E-state index in [0.29, 0.717) is 24.5 Å². The van der Waals surface area contributed by atoms with Crippen LogP contribution in [0.1, 0.15) is 17.9 Å². The largest absolute Gasteiger partial charge is 0.493 e. The van der Waals surface area contributed by atoms with Crippen LogP contribution in [-0.4, -0.2) is 32.7 Å². The molecule has 0 bridgehead atoms. The molecule has 0 radical (unpaired) electrons. The van der Waals surface area contributed by atoms with Crippen molar-refractivity contribution in [2.75, 3.05) is 37.0 Å². The molecule has 2 aromatic rings. The lowest BCUT2D eigenvalue weighted by Gasteiger charge is -2.18. The number of carbonyl (C=O) groups is 1. The van der Waals surface area contributed by atoms with Gasteiger partial charge in [0, 0.05) is 30.3 Å². The number of hydrogen-bond donors (Lipinski definition) is 1. The Morgan fingerprint density at radius 2 is 2.04 bits per heavy atom. The predicted molar refractivity (Wildman–Crippen MR) is 104 cm³/mol. The number of amides is 1. The second-order valence-corrected chi connectivity index (χ2v) is 6.32. The van der Waals surface area contributed by atoms with Crippen LogP contribution in [0.5, 0.6) is 11.5 Å². The Balaban J connectivity index is 1.79. The van der Waals surface area contributed by atoms with Gasteiger partial charge < -0.3 is 19.7 Å². The quantitative estimate of drug-likeness (QED) is 0.746. The Labute approximate surface area is 163 Å². The molecule has 0 spiro atoms. The first-order valence-electron chi connectivity index (χ1n) is 8.85. The van der Waals surface area contributed by atoms with Crippen molar-refractivity contribution in [3.63, 3.8) is 0 Å². The Bertz CT molecular complexity index is 945. The third-order valence-electron chi connectivity index (χ3n) is 4.61. The molecule has 7 nitrogen and oxygen atoms in total. The molecule has 1 N–H and O–H groups in total. The van der Waals surface area contributed by atoms with E-state index in [4.69, 9.17) is 20.0 Å². The van der Waals surface area contributed by atoms with Gasteiger partial charge in [0.15, 0.2) is 18.1 Å². The highest BCUT2D eigenvalue weighted by Gasteiger charge is 2.32. The van der Waals surface area contributed by atoms with E-state index < -0.39 is 0 Å². The maximum absolute atomic E-state index is 12.6. The maximum Gasteiger partial charge on any atom is 0.227 e. The molecule has 3 rings (SSSR count). The second-order valence-electron chi connectivity index (χ2n) is 6.32. The molecule has 142 valence electrons. The van der Waals surface area contributed by atoms with Crippen molar-refractivity contribution in [1.82, 2.24) is 0 Å². The number of hydrogen-bond acceptors (Lipinski definition) is 6. The predicted octanol–water partition coefficient (Wildman–Crippen LogP) is 3.05. The van der Waals surface area contributed by atoms with E-state index in [1.54, 1.807) is 18.1 Å². The molecule has 1 atom stereocenters. The van der Waals surface area contributed by atoms with Gasteiger partial charge in [-0.2, -0.15) is 10.5 Å². The van der Waals surface area contributed by atoms with E-state index in [9.17, 15) is 4.79 Å². The summed E-state index contributed by atoms with van der Waals surface area (Å²) in [4.78, 5) is 14.4. The SMILES string of the molecule is COc1ccc([C@H]2CC(=O)N(c3cccc(NCC#N)c3)C2)cc1OCC#N. The molecular formula is C21H20N4O3. The van der Waals surface area contributed by atoms with E-state index in [1.165, 1.54) is 0 Å². The van der Waals surface area contributed by atoms with Crippen LogP contribution in [0.3, 0.4) is 0 Å². The fourth-order valence-electron chi connectivity index (χ4n) is 3.28. The minimum atomic E-state index is -0.0714. The molecule has 1 amide bonds. The molecule has 28 heavy (non-hydrogen) atoms. The lowest BCUT2D eigenvalue weighted by molar-refractivity contribution is -0.117. The van der Waals surface area contributed by atoms with Gasteiger partial charge in [0.25, 0.3) is 0 Å². The van der Waals surface area contributed by atoms with Gasteiger partial charge in [-0.05, 0) is 35.9 Å². The van der Waals surface area contributed by atoms with E-state index in [1.807, 2.05) is 48.5 Å². The maximum atomic E-state index is 12.6. The molecular weight excluding hydrogens is 356 g/mol. The molecule has 0 aromatic heterocycles. The number of methoxy groups -OCH3 is 1. The van der Waals surface area contributed by atoms with Crippen LogP contribution in [0.4, 0.5) is 11.4 Å². The summed E-state index contributed by atoms with van der Waals surface area (Å²) in [6.07, 6.45) is 0.389. The summed E-state index contributed by atoms with van der Waals surface area (Å²) in [7, 11) is 1.54. The highest BCUT2D eigenvalue weighted by atomic mass is 16.5. The molecule has 0 unspecified atom stereocenters. The lowest BCUT2D eigenvalue weighted by Crippen LogP contribution is -2.24. The summed E-state index contributed by atoms with van der Waals surface area (Å²) < 4.78 is 10.7. The number of anilines is 2. The second kappa shape index (κ2) is 8.79. The molecule has 0 saturated carbocycles. The summed E-state index contributed by atoms with van der Waals surface area (Å²) in [5.41, 5.74) is 2.56. The standard InChI is InChI=1S/C21H20N4O3/c1-27-19-6-5-15(11-20(19)28-10-8-23)16-12-21(26)25(14-16)18-4-2-3-17(13-18)24-9-7-22/h2-6,11,13,16,24H,9-10,12,14H2,1H3/t16-/m0/s1. The fraction of sp³-hybridized carbons (Fsp3) is 0.286. The van der Waals surface area contributed by atoms with Crippen molar-refractivity contribution < 1.29 is 14.3 Å². The normalized spacial score (nSPS) is 15.6. The molecule has 1 fully saturated rings. The van der Waals surface area contributed by atoms with Crippen molar-refractivity contribution in [3.8, 4) is 23.6 Å². The van der Waals surface area contributed by atoms with Crippen molar-refractivity contribution in [2.45, 2.75) is 12.3 Å². The van der Waals surface area contributed by atoms with Crippen molar-refractivity contribution in [1.29, 1.82) is 10.5 Å². The van der Waals surface area contributed by atoms with Crippen LogP contribution in [0.15, 0.2) is 42.5 Å². The number of benzene rings is 2. The minimum Gasteiger partial charge on any atom is -0.493 e. The first-order chi connectivity index (χ1) is 13.7. The smallest absolute Gasteiger partial charge is 0.227 e. The third-order valence-corrected chi connectivity index (χ3v) is 4.61. The van der Waals surface area contributed by atoms with Gasteiger partial charge in [-0.15, -0.1) is 0 Å². The number of rotatable bonds is 7. The number of carbonyl (C=O) groups excluding carboxylic acids is 1. The highest BCUT2D eigenvalue weighted by Crippen LogP contribution is 2.36. The van der Waals surface area contributed by atoms with Crippen molar-refractivity contribution >= 4 is 17.3 Å². The van der Waals surface area contributed by atoms with Crippen LogP contribution < -0.4 is 19.7 Å². The van der Waals surface area contributed by atoms with E-state index in [-0.39, 0.29) is 25.0 Å². The van der Waals surface area contributed by atoms with Crippen LogP contribution in [-0.2, 0) is 4.79 Å². The highest BCUT2D eigenvalue weighted by molar-refractivity contribution is 5.97. The van der Waals surface area contributed by atoms with Gasteiger partial charge in [0.2, 0.25) is 5.91 Å². The van der Waals surface area contributed by atoms with Gasteiger partial charge in [0.1, 0.15) is 12.6 Å². The molecule has 0 aliphatic carbocycles. The Morgan fingerprint density at radius 1 is 1.18 bits per heavy atom. The fourth-order valence-corrected chi connectivity index (χ4v) is 3.28. The molecule has 1 aliphatic rings. The number of nitriles is 2. The summed E-state index contributed by atoms with van der Waals surface area (Å²) in [5, 5.41) is 20.5. The summed E-state index contributed by atoms with van der Waals surface area (Å²) in [5.74, 6) is 1.10. The zero-order chi connectivity index (χ0) is 19.9. The van der Waals surface area contributed by atoms with Crippen LogP contribution in [0.2, 0.25) is 0 Å². The van der Waals surface area contributed by atoms with E-state index in [2.05, 4.69) is 5.32 Å². The first-order valence-corrected chi connectivity index (χ1v) is 8.85. The van der Waals surface area contributed by atoms with Crippen LogP contribution >= 0.6 is 0 Å². The van der Waals surface area contributed by atoms with Crippen LogP contribution in [0, 0.1) is 22.7 Å². The number of nitrogens with zero attached hydrogens (tertiary/aromatic N) is 3. The van der Waals surface area contributed by atoms with Gasteiger partial charge in [-0.1, -0.05) is 12.1 Å². The van der Waals surface area contributed by atoms with Gasteiger partial charge in [-0.3, -0.25) is 4.79 Å². The minimum absolute atomic E-state index is 0.0126. The topological polar surface area (TPSA) is 98.4 Å². The Kier molecular flexibility index (Phi) is 5.98. The third kappa shape index (κ3) is 4.16. The summed E-state index contributed by atoms with van der Waals surface area (Å²) >= 11 is 0. The molecule has 1 aliphatic heterocycles. The molecule has 2 aromatic carbocycles. The van der Waals surface area contributed by atoms with E-state index in [0.717, 1.165) is 16.9 Å². The van der Waals surface area contributed by atoms with Crippen LogP contribution in [0.25, 0.3) is 0 Å². The molecule has 1 heterocycles. The number of ether oxygens (including phenoxy) is 2. The Morgan fingerprint density at radius 3 is 2.79 bits per heavy atom. The summed E-state index contributed by atoms with van der Waals surface area (Å²) in [6, 6.07) is 17.0. The van der Waals surface area contributed by atoms with Crippen molar-refractivity contribution in [2.24, 2.45) is 0 Å². The van der Waals surface area contributed by atoms with Gasteiger partial charge in [0.05, 0.1) is 13.2 Å². The van der Waals surface area contributed by atoms with E-state index >= 15 is 0 Å². The monoisotopic (exact) mass is 376 g/mol. The molecule has 1 saturated heterocycles. The number of nitrogens with one attached hydrogen (secondary N) is 1. The lowest BCUT2D eigenvalue weighted by atomic mass is 9.98. The first kappa shape index (κ1) is 19.1. The zero-order valence-electron chi connectivity index (χ0n) is 15.5. The molecule has 7 heteroatoms.